The molecule has 0 spiro atoms. The largest absolute Gasteiger partial charge is 0.496 e. The van der Waals surface area contributed by atoms with Crippen LogP contribution in [0, 0.1) is 0 Å². The van der Waals surface area contributed by atoms with E-state index in [2.05, 4.69) is 21.2 Å². The van der Waals surface area contributed by atoms with Crippen LogP contribution in [0.15, 0.2) is 22.7 Å². The average Bonchev–Trinajstić information content (AvgIpc) is 2.17. The molecule has 1 aromatic carbocycles. The molecule has 0 bridgehead atoms. The van der Waals surface area contributed by atoms with Gasteiger partial charge in [-0.2, -0.15) is 0 Å². The van der Waals surface area contributed by atoms with E-state index in [-0.39, 0.29) is 0 Å². The van der Waals surface area contributed by atoms with Gasteiger partial charge >= 0.3 is 5.37 Å². The molecule has 0 saturated carbocycles. The van der Waals surface area contributed by atoms with Gasteiger partial charge in [-0.1, -0.05) is 15.9 Å². The molecule has 1 N–H and O–H groups in total. The molecule has 0 saturated heterocycles. The van der Waals surface area contributed by atoms with Gasteiger partial charge in [0.15, 0.2) is 0 Å². The lowest BCUT2D eigenvalue weighted by Gasteiger charge is -2.08. The summed E-state index contributed by atoms with van der Waals surface area (Å²) in [5.74, 6) is 0.807. The molecular formula is C10H11BrClNO2. The van der Waals surface area contributed by atoms with Gasteiger partial charge in [0.25, 0.3) is 0 Å². The summed E-state index contributed by atoms with van der Waals surface area (Å²) in [4.78, 5) is 10.5. The number of carbonyl (C=O) groups excluding carboxylic acids is 1. The number of ether oxygens (including phenoxy) is 1. The second kappa shape index (κ2) is 5.98. The maximum Gasteiger partial charge on any atom is 0.313 e. The Morgan fingerprint density at radius 3 is 2.93 bits per heavy atom. The van der Waals surface area contributed by atoms with E-state index in [9.17, 15) is 4.79 Å². The molecule has 15 heavy (non-hydrogen) atoms. The van der Waals surface area contributed by atoms with E-state index in [0.717, 1.165) is 15.8 Å². The molecule has 0 atom stereocenters. The van der Waals surface area contributed by atoms with Gasteiger partial charge in [0.05, 0.1) is 7.11 Å². The molecule has 0 unspecified atom stereocenters. The second-order valence-corrected chi connectivity index (χ2v) is 4.17. The topological polar surface area (TPSA) is 38.3 Å². The Kier molecular flexibility index (Phi) is 4.91. The Morgan fingerprint density at radius 2 is 2.33 bits per heavy atom. The van der Waals surface area contributed by atoms with E-state index >= 15 is 0 Å². The van der Waals surface area contributed by atoms with Gasteiger partial charge in [0.2, 0.25) is 0 Å². The molecule has 1 aromatic rings. The van der Waals surface area contributed by atoms with Crippen LogP contribution in [0.3, 0.4) is 0 Å². The number of hydrogen-bond acceptors (Lipinski definition) is 2. The number of rotatable bonds is 4. The van der Waals surface area contributed by atoms with E-state index in [1.807, 2.05) is 18.2 Å². The molecule has 0 aliphatic heterocycles. The highest BCUT2D eigenvalue weighted by atomic mass is 79.9. The highest BCUT2D eigenvalue weighted by Gasteiger charge is 2.03. The normalized spacial score (nSPS) is 9.80. The van der Waals surface area contributed by atoms with Gasteiger partial charge in [-0.25, -0.2) is 0 Å². The first-order valence-corrected chi connectivity index (χ1v) is 5.56. The Morgan fingerprint density at radius 1 is 1.60 bits per heavy atom. The molecule has 3 nitrogen and oxygen atoms in total. The van der Waals surface area contributed by atoms with Crippen LogP contribution in [-0.4, -0.2) is 19.0 Å². The number of hydrogen-bond donors (Lipinski definition) is 1. The highest BCUT2D eigenvalue weighted by Crippen LogP contribution is 2.23. The maximum absolute atomic E-state index is 10.5. The summed E-state index contributed by atoms with van der Waals surface area (Å²) in [6.07, 6.45) is 0.682. The number of halogens is 2. The summed E-state index contributed by atoms with van der Waals surface area (Å²) in [6, 6.07) is 5.74. The Labute approximate surface area is 102 Å². The molecular weight excluding hydrogens is 281 g/mol. The van der Waals surface area contributed by atoms with E-state index < -0.39 is 5.37 Å². The Hall–Kier alpha value is -0.740. The van der Waals surface area contributed by atoms with Gasteiger partial charge < -0.3 is 10.1 Å². The van der Waals surface area contributed by atoms with Crippen molar-refractivity contribution in [1.82, 2.24) is 5.32 Å². The quantitative estimate of drug-likeness (QED) is 0.684. The third-order valence-corrected chi connectivity index (χ3v) is 2.53. The molecule has 5 heteroatoms. The van der Waals surface area contributed by atoms with Gasteiger partial charge in [0, 0.05) is 11.0 Å². The first-order valence-electron chi connectivity index (χ1n) is 4.39. The fourth-order valence-electron chi connectivity index (χ4n) is 1.24. The third-order valence-electron chi connectivity index (χ3n) is 1.90. The van der Waals surface area contributed by atoms with Crippen molar-refractivity contribution in [1.29, 1.82) is 0 Å². The summed E-state index contributed by atoms with van der Waals surface area (Å²) >= 11 is 8.54. The van der Waals surface area contributed by atoms with Crippen LogP contribution in [0.5, 0.6) is 5.75 Å². The zero-order chi connectivity index (χ0) is 11.3. The molecule has 0 aliphatic carbocycles. The second-order valence-electron chi connectivity index (χ2n) is 2.91. The molecule has 0 heterocycles. The van der Waals surface area contributed by atoms with Gasteiger partial charge in [-0.05, 0) is 41.8 Å². The minimum atomic E-state index is -0.538. The lowest BCUT2D eigenvalue weighted by Crippen LogP contribution is -2.19. The molecule has 0 aliphatic rings. The molecule has 0 radical (unpaired) electrons. The Bertz CT molecular complexity index is 357. The van der Waals surface area contributed by atoms with E-state index in [1.165, 1.54) is 0 Å². The summed E-state index contributed by atoms with van der Waals surface area (Å²) in [5.41, 5.74) is 1.03. The van der Waals surface area contributed by atoms with E-state index in [0.29, 0.717) is 13.0 Å². The van der Waals surface area contributed by atoms with Crippen LogP contribution >= 0.6 is 27.5 Å². The van der Waals surface area contributed by atoms with Crippen molar-refractivity contribution in [3.8, 4) is 5.75 Å². The average molecular weight is 293 g/mol. The highest BCUT2D eigenvalue weighted by molar-refractivity contribution is 9.10. The number of amides is 1. The van der Waals surface area contributed by atoms with E-state index in [4.69, 9.17) is 16.3 Å². The summed E-state index contributed by atoms with van der Waals surface area (Å²) < 4.78 is 6.17. The monoisotopic (exact) mass is 291 g/mol. The van der Waals surface area contributed by atoms with Crippen LogP contribution in [0.4, 0.5) is 4.79 Å². The van der Waals surface area contributed by atoms with Crippen LogP contribution in [-0.2, 0) is 6.42 Å². The summed E-state index contributed by atoms with van der Waals surface area (Å²) in [5, 5.41) is 1.98. The third kappa shape index (κ3) is 4.10. The SMILES string of the molecule is COc1ccc(Br)cc1CCNC(=O)Cl. The zero-order valence-corrected chi connectivity index (χ0v) is 10.6. The van der Waals surface area contributed by atoms with Crippen LogP contribution in [0.1, 0.15) is 5.56 Å². The van der Waals surface area contributed by atoms with Crippen molar-refractivity contribution in [3.63, 3.8) is 0 Å². The number of methoxy groups -OCH3 is 1. The van der Waals surface area contributed by atoms with E-state index in [1.54, 1.807) is 7.11 Å². The standard InChI is InChI=1S/C10H11BrClNO2/c1-15-9-3-2-8(11)6-7(9)4-5-13-10(12)14/h2-3,6H,4-5H2,1H3,(H,13,14). The molecule has 0 fully saturated rings. The van der Waals surface area contributed by atoms with Crippen molar-refractivity contribution in [2.45, 2.75) is 6.42 Å². The predicted molar refractivity (Wildman–Crippen MR) is 63.6 cm³/mol. The lowest BCUT2D eigenvalue weighted by atomic mass is 10.1. The first-order chi connectivity index (χ1) is 7.13. The van der Waals surface area contributed by atoms with Crippen molar-refractivity contribution in [2.75, 3.05) is 13.7 Å². The number of nitrogens with one attached hydrogen (secondary N) is 1. The van der Waals surface area contributed by atoms with Crippen molar-refractivity contribution in [2.24, 2.45) is 0 Å². The van der Waals surface area contributed by atoms with Crippen LogP contribution < -0.4 is 10.1 Å². The predicted octanol–water partition coefficient (Wildman–Crippen LogP) is 2.95. The minimum absolute atomic E-state index is 0.495. The molecule has 82 valence electrons. The fraction of sp³-hybridized carbons (Fsp3) is 0.300. The zero-order valence-electron chi connectivity index (χ0n) is 8.22. The molecule has 1 rings (SSSR count). The van der Waals surface area contributed by atoms with Gasteiger partial charge in [0.1, 0.15) is 5.75 Å². The maximum atomic E-state index is 10.5. The fourth-order valence-corrected chi connectivity index (χ4v) is 1.74. The summed E-state index contributed by atoms with van der Waals surface area (Å²) in [7, 11) is 1.62. The first kappa shape index (κ1) is 12.3. The minimum Gasteiger partial charge on any atom is -0.496 e. The van der Waals surface area contributed by atoms with Crippen LogP contribution in [0.2, 0.25) is 0 Å². The molecule has 1 amide bonds. The van der Waals surface area contributed by atoms with Crippen LogP contribution in [0.25, 0.3) is 0 Å². The van der Waals surface area contributed by atoms with Crippen molar-refractivity contribution < 1.29 is 9.53 Å². The number of benzene rings is 1. The van der Waals surface area contributed by atoms with Gasteiger partial charge in [-0.15, -0.1) is 0 Å². The van der Waals surface area contributed by atoms with Gasteiger partial charge in [-0.3, -0.25) is 4.79 Å². The number of carbonyl (C=O) groups is 1. The Balaban J connectivity index is 2.65. The van der Waals surface area contributed by atoms with Crippen molar-refractivity contribution in [3.05, 3.63) is 28.2 Å². The molecule has 0 aromatic heterocycles. The summed E-state index contributed by atoms with van der Waals surface area (Å²) in [6.45, 7) is 0.495. The van der Waals surface area contributed by atoms with Crippen molar-refractivity contribution >= 4 is 32.9 Å². The smallest absolute Gasteiger partial charge is 0.313 e. The lowest BCUT2D eigenvalue weighted by molar-refractivity contribution is 0.260.